The molecule has 3 rings (SSSR count). The number of amides is 1. The van der Waals surface area contributed by atoms with Crippen LogP contribution in [0.2, 0.25) is 0 Å². The number of carbonyl (C=O) groups excluding carboxylic acids is 2. The maximum atomic E-state index is 12.1. The molecule has 0 spiro atoms. The molecule has 1 amide bonds. The molecule has 1 aliphatic rings. The van der Waals surface area contributed by atoms with Gasteiger partial charge in [-0.3, -0.25) is 14.5 Å². The number of anilines is 1. The van der Waals surface area contributed by atoms with Gasteiger partial charge in [-0.15, -0.1) is 11.3 Å². The standard InChI is InChI=1S/C14H10N2O4S/c1-7-2-3-10-9(4-7)11(17)13(18)16(10)5-8-6-21-12(15-8)14(19)20/h2-4,6H,5H2,1H3,(H,19,20). The molecule has 2 heterocycles. The molecule has 0 aliphatic carbocycles. The largest absolute Gasteiger partial charge is 0.476 e. The van der Waals surface area contributed by atoms with Crippen LogP contribution in [-0.2, 0) is 11.3 Å². The first-order valence-electron chi connectivity index (χ1n) is 6.12. The third-order valence-electron chi connectivity index (χ3n) is 3.18. The molecule has 1 aliphatic heterocycles. The van der Waals surface area contributed by atoms with Crippen molar-refractivity contribution in [1.29, 1.82) is 0 Å². The predicted octanol–water partition coefficient (Wildman–Crippen LogP) is 1.88. The second kappa shape index (κ2) is 4.78. The van der Waals surface area contributed by atoms with Crippen LogP contribution in [0.15, 0.2) is 23.6 Å². The number of carboxylic acid groups (broad SMARTS) is 1. The number of thiazole rings is 1. The highest BCUT2D eigenvalue weighted by Gasteiger charge is 2.36. The summed E-state index contributed by atoms with van der Waals surface area (Å²) in [7, 11) is 0. The van der Waals surface area contributed by atoms with E-state index in [1.807, 2.05) is 13.0 Å². The Morgan fingerprint density at radius 3 is 2.81 bits per heavy atom. The molecule has 0 bridgehead atoms. The average molecular weight is 302 g/mol. The Balaban J connectivity index is 1.94. The van der Waals surface area contributed by atoms with Crippen LogP contribution in [0.5, 0.6) is 0 Å². The lowest BCUT2D eigenvalue weighted by Crippen LogP contribution is -2.29. The number of nitrogens with zero attached hydrogens (tertiary/aromatic N) is 2. The smallest absolute Gasteiger partial charge is 0.365 e. The first-order chi connectivity index (χ1) is 9.97. The fourth-order valence-electron chi connectivity index (χ4n) is 2.21. The van der Waals surface area contributed by atoms with Crippen LogP contribution in [0.3, 0.4) is 0 Å². The van der Waals surface area contributed by atoms with Crippen LogP contribution in [-0.4, -0.2) is 27.8 Å². The number of carbonyl (C=O) groups is 3. The van der Waals surface area contributed by atoms with E-state index in [9.17, 15) is 14.4 Å². The van der Waals surface area contributed by atoms with Gasteiger partial charge in [-0.05, 0) is 19.1 Å². The van der Waals surface area contributed by atoms with Gasteiger partial charge in [0.2, 0.25) is 5.01 Å². The number of carboxylic acids is 1. The van der Waals surface area contributed by atoms with Gasteiger partial charge in [0.15, 0.2) is 0 Å². The number of fused-ring (bicyclic) bond motifs is 1. The van der Waals surface area contributed by atoms with E-state index in [0.717, 1.165) is 16.9 Å². The van der Waals surface area contributed by atoms with Gasteiger partial charge in [0, 0.05) is 5.38 Å². The van der Waals surface area contributed by atoms with E-state index in [-0.39, 0.29) is 11.6 Å². The number of hydrogen-bond donors (Lipinski definition) is 1. The third kappa shape index (κ3) is 2.21. The fraction of sp³-hybridized carbons (Fsp3) is 0.143. The third-order valence-corrected chi connectivity index (χ3v) is 4.06. The number of benzene rings is 1. The molecule has 106 valence electrons. The van der Waals surface area contributed by atoms with Gasteiger partial charge >= 0.3 is 5.97 Å². The van der Waals surface area contributed by atoms with Crippen molar-refractivity contribution in [3.05, 3.63) is 45.4 Å². The Labute approximate surface area is 123 Å². The summed E-state index contributed by atoms with van der Waals surface area (Å²) in [6.07, 6.45) is 0. The topological polar surface area (TPSA) is 87.6 Å². The van der Waals surface area contributed by atoms with E-state index < -0.39 is 17.7 Å². The minimum absolute atomic E-state index is 0.0351. The molecular formula is C14H10N2O4S. The van der Waals surface area contributed by atoms with E-state index in [0.29, 0.717) is 16.9 Å². The van der Waals surface area contributed by atoms with Crippen LogP contribution in [0.1, 0.15) is 31.4 Å². The predicted molar refractivity (Wildman–Crippen MR) is 75.8 cm³/mol. The second-order valence-corrected chi connectivity index (χ2v) is 5.55. The second-order valence-electron chi connectivity index (χ2n) is 4.69. The summed E-state index contributed by atoms with van der Waals surface area (Å²) < 4.78 is 0. The van der Waals surface area contributed by atoms with Gasteiger partial charge in [-0.1, -0.05) is 11.6 Å². The summed E-state index contributed by atoms with van der Waals surface area (Å²) in [4.78, 5) is 40.1. The molecule has 21 heavy (non-hydrogen) atoms. The lowest BCUT2D eigenvalue weighted by molar-refractivity contribution is -0.114. The Hall–Kier alpha value is -2.54. The zero-order valence-corrected chi connectivity index (χ0v) is 11.8. The molecule has 0 atom stereocenters. The van der Waals surface area contributed by atoms with Crippen molar-refractivity contribution in [3.8, 4) is 0 Å². The number of aromatic nitrogens is 1. The highest BCUT2D eigenvalue weighted by molar-refractivity contribution is 7.11. The normalized spacial score (nSPS) is 13.7. The molecule has 0 saturated carbocycles. The van der Waals surface area contributed by atoms with Crippen molar-refractivity contribution in [2.45, 2.75) is 13.5 Å². The zero-order chi connectivity index (χ0) is 15.1. The summed E-state index contributed by atoms with van der Waals surface area (Å²) in [5, 5.41) is 10.4. The van der Waals surface area contributed by atoms with Gasteiger partial charge in [0.1, 0.15) is 0 Å². The van der Waals surface area contributed by atoms with Crippen LogP contribution >= 0.6 is 11.3 Å². The van der Waals surface area contributed by atoms with E-state index in [1.165, 1.54) is 4.90 Å². The SMILES string of the molecule is Cc1ccc2c(c1)C(=O)C(=O)N2Cc1csc(C(=O)O)n1. The maximum Gasteiger partial charge on any atom is 0.365 e. The molecule has 0 saturated heterocycles. The molecule has 1 aromatic heterocycles. The summed E-state index contributed by atoms with van der Waals surface area (Å²) in [6, 6.07) is 5.22. The molecule has 0 radical (unpaired) electrons. The van der Waals surface area contributed by atoms with Gasteiger partial charge in [-0.2, -0.15) is 0 Å². The Morgan fingerprint density at radius 2 is 2.14 bits per heavy atom. The van der Waals surface area contributed by atoms with Crippen molar-refractivity contribution in [2.24, 2.45) is 0 Å². The summed E-state index contributed by atoms with van der Waals surface area (Å²) >= 11 is 0.993. The molecule has 6 nitrogen and oxygen atoms in total. The highest BCUT2D eigenvalue weighted by Crippen LogP contribution is 2.31. The minimum atomic E-state index is -1.11. The molecule has 7 heteroatoms. The van der Waals surface area contributed by atoms with Crippen molar-refractivity contribution in [3.63, 3.8) is 0 Å². The first-order valence-corrected chi connectivity index (χ1v) is 7.00. The van der Waals surface area contributed by atoms with Gasteiger partial charge in [0.05, 0.1) is 23.5 Å². The molecule has 0 unspecified atom stereocenters. The molecule has 0 fully saturated rings. The molecular weight excluding hydrogens is 292 g/mol. The number of aromatic carboxylic acids is 1. The molecule has 1 N–H and O–H groups in total. The zero-order valence-electron chi connectivity index (χ0n) is 11.0. The quantitative estimate of drug-likeness (QED) is 0.875. The number of Topliss-reactive ketones (excluding diaryl/α,β-unsaturated/α-hetero) is 1. The van der Waals surface area contributed by atoms with Crippen molar-refractivity contribution < 1.29 is 19.5 Å². The van der Waals surface area contributed by atoms with E-state index >= 15 is 0 Å². The Morgan fingerprint density at radius 1 is 1.38 bits per heavy atom. The lowest BCUT2D eigenvalue weighted by Gasteiger charge is -2.14. The Kier molecular flexibility index (Phi) is 3.06. The van der Waals surface area contributed by atoms with Crippen LogP contribution in [0.25, 0.3) is 0 Å². The number of aryl methyl sites for hydroxylation is 1. The number of rotatable bonds is 3. The minimum Gasteiger partial charge on any atom is -0.476 e. The monoisotopic (exact) mass is 302 g/mol. The van der Waals surface area contributed by atoms with Crippen molar-refractivity contribution >= 4 is 34.7 Å². The summed E-state index contributed by atoms with van der Waals surface area (Å²) in [5.41, 5.74) is 2.28. The molecule has 1 aromatic carbocycles. The van der Waals surface area contributed by atoms with Crippen LogP contribution < -0.4 is 4.90 Å². The van der Waals surface area contributed by atoms with Gasteiger partial charge in [0.25, 0.3) is 11.7 Å². The fourth-order valence-corrected chi connectivity index (χ4v) is 2.86. The average Bonchev–Trinajstić information content (AvgIpc) is 2.99. The van der Waals surface area contributed by atoms with E-state index in [1.54, 1.807) is 17.5 Å². The first kappa shape index (κ1) is 13.4. The van der Waals surface area contributed by atoms with E-state index in [4.69, 9.17) is 5.11 Å². The van der Waals surface area contributed by atoms with Gasteiger partial charge in [-0.25, -0.2) is 9.78 Å². The van der Waals surface area contributed by atoms with Crippen LogP contribution in [0, 0.1) is 6.92 Å². The molecule has 2 aromatic rings. The van der Waals surface area contributed by atoms with Crippen molar-refractivity contribution in [2.75, 3.05) is 4.90 Å². The summed E-state index contributed by atoms with van der Waals surface area (Å²) in [6.45, 7) is 1.94. The lowest BCUT2D eigenvalue weighted by atomic mass is 10.1. The van der Waals surface area contributed by atoms with E-state index in [2.05, 4.69) is 4.98 Å². The summed E-state index contributed by atoms with van der Waals surface area (Å²) in [5.74, 6) is -2.26. The highest BCUT2D eigenvalue weighted by atomic mass is 32.1. The number of hydrogen-bond acceptors (Lipinski definition) is 5. The van der Waals surface area contributed by atoms with Crippen molar-refractivity contribution in [1.82, 2.24) is 4.98 Å². The van der Waals surface area contributed by atoms with Crippen LogP contribution in [0.4, 0.5) is 5.69 Å². The number of ketones is 1. The Bertz CT molecular complexity index is 781. The van der Waals surface area contributed by atoms with Gasteiger partial charge < -0.3 is 5.11 Å². The maximum absolute atomic E-state index is 12.1.